The molecule has 1 aromatic rings. The van der Waals surface area contributed by atoms with Gasteiger partial charge in [0.05, 0.1) is 5.92 Å². The third-order valence-corrected chi connectivity index (χ3v) is 2.32. The van der Waals surface area contributed by atoms with E-state index in [4.69, 9.17) is 5.11 Å². The molecule has 1 aromatic carbocycles. The van der Waals surface area contributed by atoms with E-state index in [1.54, 1.807) is 6.08 Å². The topological polar surface area (TPSA) is 37.3 Å². The van der Waals surface area contributed by atoms with Gasteiger partial charge >= 0.3 is 5.97 Å². The molecule has 0 spiro atoms. The van der Waals surface area contributed by atoms with Crippen LogP contribution in [0, 0.1) is 5.92 Å². The van der Waals surface area contributed by atoms with Gasteiger partial charge in [-0.25, -0.2) is 0 Å². The summed E-state index contributed by atoms with van der Waals surface area (Å²) in [6, 6.07) is 7.89. The number of carbonyl (C=O) groups is 1. The van der Waals surface area contributed by atoms with Crippen molar-refractivity contribution in [3.05, 3.63) is 41.5 Å². The molecule has 0 heterocycles. The van der Waals surface area contributed by atoms with Crippen LogP contribution in [0.5, 0.6) is 0 Å². The fraction of sp³-hybridized carbons (Fsp3) is 0.182. The Morgan fingerprint density at radius 1 is 1.38 bits per heavy atom. The van der Waals surface area contributed by atoms with Crippen molar-refractivity contribution in [3.63, 3.8) is 0 Å². The van der Waals surface area contributed by atoms with Crippen LogP contribution in [0.1, 0.15) is 11.1 Å². The van der Waals surface area contributed by atoms with Crippen molar-refractivity contribution in [3.8, 4) is 0 Å². The predicted molar refractivity (Wildman–Crippen MR) is 50.3 cm³/mol. The highest BCUT2D eigenvalue weighted by atomic mass is 16.4. The molecule has 1 aliphatic carbocycles. The molecule has 0 radical (unpaired) electrons. The highest BCUT2D eigenvalue weighted by Crippen LogP contribution is 2.22. The second-order valence-corrected chi connectivity index (χ2v) is 3.21. The van der Waals surface area contributed by atoms with E-state index in [9.17, 15) is 4.79 Å². The van der Waals surface area contributed by atoms with Gasteiger partial charge in [0.25, 0.3) is 0 Å². The summed E-state index contributed by atoms with van der Waals surface area (Å²) in [4.78, 5) is 10.7. The third kappa shape index (κ3) is 1.47. The van der Waals surface area contributed by atoms with Crippen molar-refractivity contribution in [2.24, 2.45) is 5.92 Å². The van der Waals surface area contributed by atoms with Gasteiger partial charge in [-0.3, -0.25) is 4.79 Å². The Hall–Kier alpha value is -1.57. The smallest absolute Gasteiger partial charge is 0.310 e. The maximum atomic E-state index is 10.7. The number of rotatable bonds is 1. The van der Waals surface area contributed by atoms with Crippen molar-refractivity contribution in [1.29, 1.82) is 0 Å². The summed E-state index contributed by atoms with van der Waals surface area (Å²) in [7, 11) is 0. The summed E-state index contributed by atoms with van der Waals surface area (Å²) in [6.45, 7) is 0. The SMILES string of the molecule is O=C(O)C1C=Cc2ccccc2C1. The second-order valence-electron chi connectivity index (χ2n) is 3.21. The first-order valence-corrected chi connectivity index (χ1v) is 4.26. The first kappa shape index (κ1) is 8.05. The zero-order valence-electron chi connectivity index (χ0n) is 7.10. The van der Waals surface area contributed by atoms with Gasteiger partial charge in [-0.1, -0.05) is 36.4 Å². The molecule has 2 nitrogen and oxygen atoms in total. The molecule has 13 heavy (non-hydrogen) atoms. The first-order valence-electron chi connectivity index (χ1n) is 4.26. The maximum Gasteiger partial charge on any atom is 0.310 e. The minimum absolute atomic E-state index is 0.352. The minimum Gasteiger partial charge on any atom is -0.481 e. The van der Waals surface area contributed by atoms with Gasteiger partial charge in [-0.15, -0.1) is 0 Å². The van der Waals surface area contributed by atoms with E-state index < -0.39 is 5.97 Å². The molecule has 2 heteroatoms. The van der Waals surface area contributed by atoms with Gasteiger partial charge in [0.2, 0.25) is 0 Å². The van der Waals surface area contributed by atoms with Gasteiger partial charge in [-0.2, -0.15) is 0 Å². The summed E-state index contributed by atoms with van der Waals surface area (Å²) in [5.41, 5.74) is 2.26. The number of aliphatic carboxylic acids is 1. The zero-order chi connectivity index (χ0) is 9.26. The molecule has 1 aliphatic rings. The van der Waals surface area contributed by atoms with Crippen LogP contribution >= 0.6 is 0 Å². The lowest BCUT2D eigenvalue weighted by atomic mass is 9.90. The van der Waals surface area contributed by atoms with Gasteiger partial charge in [0, 0.05) is 0 Å². The van der Waals surface area contributed by atoms with Crippen LogP contribution in [0.3, 0.4) is 0 Å². The van der Waals surface area contributed by atoms with Crippen molar-refractivity contribution < 1.29 is 9.90 Å². The van der Waals surface area contributed by atoms with E-state index >= 15 is 0 Å². The highest BCUT2D eigenvalue weighted by molar-refractivity contribution is 5.76. The Kier molecular flexibility index (Phi) is 1.89. The Balaban J connectivity index is 2.34. The number of carboxylic acids is 1. The number of hydrogen-bond donors (Lipinski definition) is 1. The maximum absolute atomic E-state index is 10.7. The minimum atomic E-state index is -0.745. The molecule has 0 bridgehead atoms. The average Bonchev–Trinajstić information content (AvgIpc) is 2.17. The Morgan fingerprint density at radius 3 is 2.92 bits per heavy atom. The van der Waals surface area contributed by atoms with Crippen molar-refractivity contribution >= 4 is 12.0 Å². The van der Waals surface area contributed by atoms with Crippen molar-refractivity contribution in [2.45, 2.75) is 6.42 Å². The van der Waals surface area contributed by atoms with Gasteiger partial charge in [0.1, 0.15) is 0 Å². The molecule has 0 aromatic heterocycles. The van der Waals surface area contributed by atoms with E-state index in [0.717, 1.165) is 11.1 Å². The summed E-state index contributed by atoms with van der Waals surface area (Å²) in [5.74, 6) is -1.10. The summed E-state index contributed by atoms with van der Waals surface area (Å²) in [5, 5.41) is 8.81. The van der Waals surface area contributed by atoms with Crippen LogP contribution in [0.25, 0.3) is 6.08 Å². The van der Waals surface area contributed by atoms with E-state index in [2.05, 4.69) is 0 Å². The summed E-state index contributed by atoms with van der Waals surface area (Å²) >= 11 is 0. The Bertz CT molecular complexity index is 366. The molecule has 0 aliphatic heterocycles. The molecule has 1 atom stereocenters. The number of benzene rings is 1. The second kappa shape index (κ2) is 3.05. The normalized spacial score (nSPS) is 19.5. The molecule has 2 rings (SSSR count). The standard InChI is InChI=1S/C11H10O2/c12-11(13)10-6-5-8-3-1-2-4-9(8)7-10/h1-6,10H,7H2,(H,12,13). The van der Waals surface area contributed by atoms with E-state index in [1.807, 2.05) is 30.3 Å². The monoisotopic (exact) mass is 174 g/mol. The number of fused-ring (bicyclic) bond motifs is 1. The largest absolute Gasteiger partial charge is 0.481 e. The fourth-order valence-electron chi connectivity index (χ4n) is 1.58. The predicted octanol–water partition coefficient (Wildman–Crippen LogP) is 1.96. The lowest BCUT2D eigenvalue weighted by molar-refractivity contribution is -0.140. The molecule has 0 fully saturated rings. The van der Waals surface area contributed by atoms with E-state index in [-0.39, 0.29) is 5.92 Å². The van der Waals surface area contributed by atoms with Crippen LogP contribution in [-0.2, 0) is 11.2 Å². The Labute approximate surface area is 76.5 Å². The molecular formula is C11H10O2. The average molecular weight is 174 g/mol. The quantitative estimate of drug-likeness (QED) is 0.706. The molecular weight excluding hydrogens is 164 g/mol. The van der Waals surface area contributed by atoms with Gasteiger partial charge in [-0.05, 0) is 17.5 Å². The summed E-state index contributed by atoms with van der Waals surface area (Å²) < 4.78 is 0. The van der Waals surface area contributed by atoms with E-state index in [1.165, 1.54) is 0 Å². The molecule has 0 amide bonds. The molecule has 1 N–H and O–H groups in total. The lowest BCUT2D eigenvalue weighted by Crippen LogP contribution is -2.16. The molecule has 0 saturated carbocycles. The van der Waals surface area contributed by atoms with Crippen molar-refractivity contribution in [1.82, 2.24) is 0 Å². The van der Waals surface area contributed by atoms with Gasteiger partial charge < -0.3 is 5.11 Å². The first-order chi connectivity index (χ1) is 6.27. The molecule has 1 unspecified atom stereocenters. The highest BCUT2D eigenvalue weighted by Gasteiger charge is 2.18. The third-order valence-electron chi connectivity index (χ3n) is 2.32. The van der Waals surface area contributed by atoms with E-state index in [0.29, 0.717) is 6.42 Å². The lowest BCUT2D eigenvalue weighted by Gasteiger charge is -2.15. The van der Waals surface area contributed by atoms with Crippen LogP contribution in [0.2, 0.25) is 0 Å². The van der Waals surface area contributed by atoms with Crippen LogP contribution in [0.4, 0.5) is 0 Å². The van der Waals surface area contributed by atoms with Crippen LogP contribution in [-0.4, -0.2) is 11.1 Å². The zero-order valence-corrected chi connectivity index (χ0v) is 7.10. The number of hydrogen-bond acceptors (Lipinski definition) is 1. The number of carboxylic acid groups (broad SMARTS) is 1. The van der Waals surface area contributed by atoms with Crippen LogP contribution in [0.15, 0.2) is 30.3 Å². The molecule has 0 saturated heterocycles. The van der Waals surface area contributed by atoms with Gasteiger partial charge in [0.15, 0.2) is 0 Å². The molecule has 66 valence electrons. The Morgan fingerprint density at radius 2 is 2.15 bits per heavy atom. The van der Waals surface area contributed by atoms with Crippen LogP contribution < -0.4 is 0 Å². The summed E-state index contributed by atoms with van der Waals surface area (Å²) in [6.07, 6.45) is 4.25. The fourth-order valence-corrected chi connectivity index (χ4v) is 1.58. The van der Waals surface area contributed by atoms with Crippen molar-refractivity contribution in [2.75, 3.05) is 0 Å².